The molecule has 0 aromatic heterocycles. The first-order chi connectivity index (χ1) is 11.9. The van der Waals surface area contributed by atoms with E-state index in [4.69, 9.17) is 9.47 Å². The largest absolute Gasteiger partial charge is 0.493 e. The predicted octanol–water partition coefficient (Wildman–Crippen LogP) is 4.92. The Morgan fingerprint density at radius 3 is 2.56 bits per heavy atom. The van der Waals surface area contributed by atoms with Gasteiger partial charge in [0.2, 0.25) is 0 Å². The first-order valence-corrected chi connectivity index (χ1v) is 8.13. The molecule has 0 heterocycles. The molecule has 0 atom stereocenters. The Labute approximate surface area is 151 Å². The van der Waals surface area contributed by atoms with E-state index >= 15 is 0 Å². The molecule has 0 aliphatic heterocycles. The SMILES string of the molecule is CCCOc1c(Br)cc(C(=O)Nc2ccc(F)c(F)c2F)cc1OC. The Kier molecular flexibility index (Phi) is 6.30. The molecule has 1 N–H and O–H groups in total. The van der Waals surface area contributed by atoms with Crippen LogP contribution in [0.3, 0.4) is 0 Å². The van der Waals surface area contributed by atoms with Gasteiger partial charge in [-0.15, -0.1) is 0 Å². The summed E-state index contributed by atoms with van der Waals surface area (Å²) in [6.07, 6.45) is 0.785. The minimum Gasteiger partial charge on any atom is -0.493 e. The van der Waals surface area contributed by atoms with E-state index in [2.05, 4.69) is 21.2 Å². The van der Waals surface area contributed by atoms with Crippen molar-refractivity contribution in [2.24, 2.45) is 0 Å². The van der Waals surface area contributed by atoms with Crippen molar-refractivity contribution >= 4 is 27.5 Å². The van der Waals surface area contributed by atoms with Gasteiger partial charge in [-0.1, -0.05) is 6.92 Å². The van der Waals surface area contributed by atoms with Crippen molar-refractivity contribution in [3.63, 3.8) is 0 Å². The number of methoxy groups -OCH3 is 1. The number of carbonyl (C=O) groups is 1. The predicted molar refractivity (Wildman–Crippen MR) is 90.7 cm³/mol. The number of benzene rings is 2. The van der Waals surface area contributed by atoms with Gasteiger partial charge < -0.3 is 14.8 Å². The number of halogens is 4. The maximum atomic E-state index is 13.7. The highest BCUT2D eigenvalue weighted by molar-refractivity contribution is 9.10. The number of rotatable bonds is 6. The molecule has 8 heteroatoms. The Hall–Kier alpha value is -2.22. The normalized spacial score (nSPS) is 10.5. The Bertz CT molecular complexity index is 799. The van der Waals surface area contributed by atoms with E-state index in [0.29, 0.717) is 22.6 Å². The van der Waals surface area contributed by atoms with Crippen molar-refractivity contribution in [3.05, 3.63) is 51.8 Å². The highest BCUT2D eigenvalue weighted by Gasteiger charge is 2.19. The molecule has 134 valence electrons. The Morgan fingerprint density at radius 2 is 1.92 bits per heavy atom. The fourth-order valence-electron chi connectivity index (χ4n) is 2.01. The van der Waals surface area contributed by atoms with Crippen LogP contribution < -0.4 is 14.8 Å². The van der Waals surface area contributed by atoms with Crippen LogP contribution in [0.5, 0.6) is 11.5 Å². The van der Waals surface area contributed by atoms with Crippen molar-refractivity contribution in [2.45, 2.75) is 13.3 Å². The van der Waals surface area contributed by atoms with Crippen LogP contribution in [0.4, 0.5) is 18.9 Å². The second-order valence-electron chi connectivity index (χ2n) is 5.01. The third-order valence-corrected chi connectivity index (χ3v) is 3.81. The van der Waals surface area contributed by atoms with Crippen LogP contribution in [-0.2, 0) is 0 Å². The second kappa shape index (κ2) is 8.24. The van der Waals surface area contributed by atoms with Crippen molar-refractivity contribution in [1.29, 1.82) is 0 Å². The molecule has 25 heavy (non-hydrogen) atoms. The monoisotopic (exact) mass is 417 g/mol. The number of ether oxygens (including phenoxy) is 2. The minimum absolute atomic E-state index is 0.122. The fraction of sp³-hybridized carbons (Fsp3) is 0.235. The number of hydrogen-bond acceptors (Lipinski definition) is 3. The van der Waals surface area contributed by atoms with Crippen LogP contribution in [0, 0.1) is 17.5 Å². The van der Waals surface area contributed by atoms with Gasteiger partial charge in [-0.3, -0.25) is 4.79 Å². The van der Waals surface area contributed by atoms with Crippen LogP contribution >= 0.6 is 15.9 Å². The van der Waals surface area contributed by atoms with Crippen LogP contribution in [0.25, 0.3) is 0 Å². The molecule has 2 aromatic rings. The quantitative estimate of drug-likeness (QED) is 0.678. The number of anilines is 1. The van der Waals surface area contributed by atoms with Gasteiger partial charge in [0.25, 0.3) is 5.91 Å². The zero-order valence-corrected chi connectivity index (χ0v) is 15.0. The number of hydrogen-bond donors (Lipinski definition) is 1. The molecule has 0 spiro atoms. The summed E-state index contributed by atoms with van der Waals surface area (Å²) in [5.74, 6) is -4.44. The van der Waals surface area contributed by atoms with Crippen molar-refractivity contribution in [2.75, 3.05) is 19.0 Å². The van der Waals surface area contributed by atoms with Gasteiger partial charge in [-0.2, -0.15) is 0 Å². The summed E-state index contributed by atoms with van der Waals surface area (Å²) in [7, 11) is 1.41. The van der Waals surface area contributed by atoms with Crippen LogP contribution in [0.1, 0.15) is 23.7 Å². The molecule has 0 radical (unpaired) electrons. The summed E-state index contributed by atoms with van der Waals surface area (Å²) < 4.78 is 51.1. The molecule has 4 nitrogen and oxygen atoms in total. The first kappa shape index (κ1) is 19.1. The van der Waals surface area contributed by atoms with Crippen molar-refractivity contribution in [3.8, 4) is 11.5 Å². The lowest BCUT2D eigenvalue weighted by molar-refractivity contribution is 0.102. The summed E-state index contributed by atoms with van der Waals surface area (Å²) in [6, 6.07) is 4.53. The van der Waals surface area contributed by atoms with E-state index in [1.54, 1.807) is 0 Å². The Morgan fingerprint density at radius 1 is 1.20 bits per heavy atom. The van der Waals surface area contributed by atoms with E-state index in [1.807, 2.05) is 6.92 Å². The number of carbonyl (C=O) groups excluding carboxylic acids is 1. The summed E-state index contributed by atoms with van der Waals surface area (Å²) in [4.78, 5) is 12.3. The molecule has 0 aliphatic rings. The van der Waals surface area contributed by atoms with E-state index in [9.17, 15) is 18.0 Å². The van der Waals surface area contributed by atoms with Gasteiger partial charge in [0, 0.05) is 5.56 Å². The van der Waals surface area contributed by atoms with Gasteiger partial charge in [0.15, 0.2) is 29.0 Å². The molecule has 0 fully saturated rings. The van der Waals surface area contributed by atoms with E-state index in [0.717, 1.165) is 18.6 Å². The van der Waals surface area contributed by atoms with Gasteiger partial charge >= 0.3 is 0 Å². The highest BCUT2D eigenvalue weighted by atomic mass is 79.9. The van der Waals surface area contributed by atoms with Gasteiger partial charge in [-0.25, -0.2) is 13.2 Å². The molecule has 0 aliphatic carbocycles. The third kappa shape index (κ3) is 4.25. The highest BCUT2D eigenvalue weighted by Crippen LogP contribution is 2.37. The summed E-state index contributed by atoms with van der Waals surface area (Å²) >= 11 is 3.29. The van der Waals surface area contributed by atoms with E-state index in [1.165, 1.54) is 19.2 Å². The summed E-state index contributed by atoms with van der Waals surface area (Å²) in [5, 5.41) is 2.20. The maximum Gasteiger partial charge on any atom is 0.255 e. The Balaban J connectivity index is 2.31. The minimum atomic E-state index is -1.65. The first-order valence-electron chi connectivity index (χ1n) is 7.34. The standard InChI is InChI=1S/C17H15BrF3NO3/c1-3-6-25-16-10(18)7-9(8-13(16)24-2)17(23)22-12-5-4-11(19)14(20)15(12)21/h4-5,7-8H,3,6H2,1-2H3,(H,22,23). The number of amides is 1. The zero-order chi connectivity index (χ0) is 18.6. The molecule has 2 aromatic carbocycles. The smallest absolute Gasteiger partial charge is 0.255 e. The lowest BCUT2D eigenvalue weighted by atomic mass is 10.1. The molecule has 0 saturated heterocycles. The zero-order valence-electron chi connectivity index (χ0n) is 13.5. The lowest BCUT2D eigenvalue weighted by Gasteiger charge is -2.14. The molecule has 0 unspecified atom stereocenters. The topological polar surface area (TPSA) is 47.6 Å². The van der Waals surface area contributed by atoms with Crippen LogP contribution in [0.15, 0.2) is 28.7 Å². The number of nitrogens with one attached hydrogen (secondary N) is 1. The van der Waals surface area contributed by atoms with Crippen LogP contribution in [0.2, 0.25) is 0 Å². The molecule has 2 rings (SSSR count). The molecule has 1 amide bonds. The summed E-state index contributed by atoms with van der Waals surface area (Å²) in [6.45, 7) is 2.40. The van der Waals surface area contributed by atoms with E-state index < -0.39 is 29.0 Å². The average molecular weight is 418 g/mol. The van der Waals surface area contributed by atoms with Gasteiger partial charge in [0.05, 0.1) is 23.9 Å². The van der Waals surface area contributed by atoms with Crippen molar-refractivity contribution in [1.82, 2.24) is 0 Å². The molecular formula is C17H15BrF3NO3. The van der Waals surface area contributed by atoms with E-state index in [-0.39, 0.29) is 5.56 Å². The summed E-state index contributed by atoms with van der Waals surface area (Å²) in [5.41, 5.74) is -0.345. The maximum absolute atomic E-state index is 13.7. The average Bonchev–Trinajstić information content (AvgIpc) is 2.60. The molecule has 0 saturated carbocycles. The third-order valence-electron chi connectivity index (χ3n) is 3.23. The van der Waals surface area contributed by atoms with Crippen molar-refractivity contribution < 1.29 is 27.4 Å². The van der Waals surface area contributed by atoms with Gasteiger partial charge in [0.1, 0.15) is 0 Å². The second-order valence-corrected chi connectivity index (χ2v) is 5.87. The lowest BCUT2D eigenvalue weighted by Crippen LogP contribution is -2.14. The fourth-order valence-corrected chi connectivity index (χ4v) is 2.57. The van der Waals surface area contributed by atoms with Gasteiger partial charge in [-0.05, 0) is 46.6 Å². The molecule has 0 bridgehead atoms. The molecular weight excluding hydrogens is 403 g/mol. The van der Waals surface area contributed by atoms with Crippen LogP contribution in [-0.4, -0.2) is 19.6 Å².